The Kier molecular flexibility index (Phi) is 8.09. The Morgan fingerprint density at radius 3 is 2.81 bits per heavy atom. The van der Waals surface area contributed by atoms with Gasteiger partial charge in [0.25, 0.3) is 5.91 Å². The van der Waals surface area contributed by atoms with Gasteiger partial charge in [0, 0.05) is 0 Å². The maximum Gasteiger partial charge on any atom is 0.255 e. The molecular weight excluding hydrogens is 432 g/mol. The van der Waals surface area contributed by atoms with Crippen LogP contribution < -0.4 is 20.7 Å². The predicted octanol–water partition coefficient (Wildman–Crippen LogP) is 0.652. The number of benzene rings is 1. The van der Waals surface area contributed by atoms with Crippen molar-refractivity contribution in [1.29, 1.82) is 0 Å². The molecule has 32 heavy (non-hydrogen) atoms. The number of carbonyl (C=O) groups is 3. The fourth-order valence-corrected chi connectivity index (χ4v) is 3.65. The number of ether oxygens (including phenoxy) is 1. The fourth-order valence-electron chi connectivity index (χ4n) is 3.18. The van der Waals surface area contributed by atoms with Gasteiger partial charge < -0.3 is 20.7 Å². The van der Waals surface area contributed by atoms with E-state index >= 15 is 0 Å². The highest BCUT2D eigenvalue weighted by Crippen LogP contribution is 2.21. The molecule has 3 rings (SSSR count). The lowest BCUT2D eigenvalue weighted by atomic mass is 10.1. The number of nitrogens with one attached hydrogen (secondary N) is 3. The number of aryl methyl sites for hydroxylation is 1. The Morgan fingerprint density at radius 2 is 2.03 bits per heavy atom. The van der Waals surface area contributed by atoms with Crippen molar-refractivity contribution in [3.63, 3.8) is 0 Å². The third-order valence-electron chi connectivity index (χ3n) is 4.97. The molecule has 0 saturated carbocycles. The Labute approximate surface area is 190 Å². The van der Waals surface area contributed by atoms with Crippen molar-refractivity contribution in [1.82, 2.24) is 30.9 Å². The molecule has 0 fully saturated rings. The summed E-state index contributed by atoms with van der Waals surface area (Å²) in [4.78, 5) is 38.4. The predicted molar refractivity (Wildman–Crippen MR) is 120 cm³/mol. The second-order valence-corrected chi connectivity index (χ2v) is 8.56. The molecule has 172 valence electrons. The van der Waals surface area contributed by atoms with Gasteiger partial charge in [0.2, 0.25) is 11.8 Å². The lowest BCUT2D eigenvalue weighted by Crippen LogP contribution is -2.52. The van der Waals surface area contributed by atoms with Crippen LogP contribution in [0.1, 0.15) is 35.0 Å². The molecule has 1 aliphatic heterocycles. The van der Waals surface area contributed by atoms with Crippen molar-refractivity contribution in [2.45, 2.75) is 45.4 Å². The summed E-state index contributed by atoms with van der Waals surface area (Å²) in [6.45, 7) is 4.35. The smallest absolute Gasteiger partial charge is 0.255 e. The molecule has 11 heteroatoms. The van der Waals surface area contributed by atoms with E-state index in [1.165, 1.54) is 0 Å². The van der Waals surface area contributed by atoms with Crippen LogP contribution in [0.15, 0.2) is 24.4 Å². The number of hydrogen-bond donors (Lipinski definition) is 3. The molecule has 0 unspecified atom stereocenters. The Hall–Kier alpha value is -3.08. The number of nitrogens with zero attached hydrogens (tertiary/aromatic N) is 3. The summed E-state index contributed by atoms with van der Waals surface area (Å²) in [5.74, 6) is -0.0798. The van der Waals surface area contributed by atoms with Gasteiger partial charge in [0.15, 0.2) is 0 Å². The second kappa shape index (κ2) is 11.0. The van der Waals surface area contributed by atoms with Crippen molar-refractivity contribution in [2.75, 3.05) is 18.6 Å². The molecule has 10 nitrogen and oxygen atoms in total. The van der Waals surface area contributed by atoms with Gasteiger partial charge in [-0.3, -0.25) is 14.4 Å². The van der Waals surface area contributed by atoms with Crippen molar-refractivity contribution >= 4 is 29.5 Å². The van der Waals surface area contributed by atoms with E-state index in [4.69, 9.17) is 4.74 Å². The minimum atomic E-state index is -0.784. The molecule has 3 N–H and O–H groups in total. The largest absolute Gasteiger partial charge is 0.491 e. The fraction of sp³-hybridized carbons (Fsp3) is 0.476. The van der Waals surface area contributed by atoms with Gasteiger partial charge >= 0.3 is 0 Å². The Morgan fingerprint density at radius 1 is 1.22 bits per heavy atom. The number of hydrogen-bond acceptors (Lipinski definition) is 7. The first-order valence-electron chi connectivity index (χ1n) is 10.4. The van der Waals surface area contributed by atoms with Crippen molar-refractivity contribution in [3.8, 4) is 5.75 Å². The SMILES string of the molecule is CSCC[C@H]1NC(=O)c2cc(C)ccc2OCCn2cc(nn2)CNC(=O)[C@@H](C)NC1=O. The zero-order valence-electron chi connectivity index (χ0n) is 18.4. The molecule has 2 heterocycles. The average Bonchev–Trinajstić information content (AvgIpc) is 3.22. The number of rotatable bonds is 3. The van der Waals surface area contributed by atoms with E-state index in [1.807, 2.05) is 19.2 Å². The monoisotopic (exact) mass is 460 g/mol. The third-order valence-corrected chi connectivity index (χ3v) is 5.62. The molecule has 0 radical (unpaired) electrons. The van der Waals surface area contributed by atoms with Crippen LogP contribution in [-0.4, -0.2) is 63.4 Å². The maximum absolute atomic E-state index is 13.1. The van der Waals surface area contributed by atoms with E-state index in [0.717, 1.165) is 5.56 Å². The van der Waals surface area contributed by atoms with E-state index < -0.39 is 23.9 Å². The molecule has 2 atom stereocenters. The van der Waals surface area contributed by atoms with Crippen molar-refractivity contribution in [2.24, 2.45) is 0 Å². The lowest BCUT2D eigenvalue weighted by molar-refractivity contribution is -0.129. The summed E-state index contributed by atoms with van der Waals surface area (Å²) < 4.78 is 7.47. The van der Waals surface area contributed by atoms with E-state index in [0.29, 0.717) is 35.7 Å². The van der Waals surface area contributed by atoms with Crippen molar-refractivity contribution in [3.05, 3.63) is 41.2 Å². The minimum absolute atomic E-state index is 0.189. The van der Waals surface area contributed by atoms with Gasteiger partial charge in [-0.2, -0.15) is 11.8 Å². The zero-order valence-corrected chi connectivity index (χ0v) is 19.2. The standard InChI is InChI=1S/C21H28N6O4S/c1-13-4-5-18-16(10-13)20(29)24-17(6-9-32-3)21(30)23-14(2)19(28)22-11-15-12-27(26-25-15)7-8-31-18/h4-5,10,12,14,17H,6-9,11H2,1-3H3,(H,22,28)(H,23,30)(H,24,29)/t14-,17-/m1/s1. The van der Waals surface area contributed by atoms with Crippen LogP contribution in [0.3, 0.4) is 0 Å². The van der Waals surface area contributed by atoms with E-state index in [9.17, 15) is 14.4 Å². The van der Waals surface area contributed by atoms with E-state index in [-0.39, 0.29) is 19.1 Å². The summed E-state index contributed by atoms with van der Waals surface area (Å²) in [5.41, 5.74) is 1.83. The molecule has 2 aromatic rings. The molecular formula is C21H28N6O4S. The van der Waals surface area contributed by atoms with Gasteiger partial charge in [0.1, 0.15) is 30.1 Å². The maximum atomic E-state index is 13.1. The topological polar surface area (TPSA) is 127 Å². The van der Waals surface area contributed by atoms with Gasteiger partial charge in [-0.05, 0) is 44.4 Å². The molecule has 1 aromatic heterocycles. The van der Waals surface area contributed by atoms with Gasteiger partial charge in [-0.25, -0.2) is 4.68 Å². The zero-order chi connectivity index (χ0) is 23.1. The van der Waals surface area contributed by atoms with E-state index in [1.54, 1.807) is 41.7 Å². The molecule has 3 amide bonds. The summed E-state index contributed by atoms with van der Waals surface area (Å²) in [6.07, 6.45) is 4.07. The van der Waals surface area contributed by atoms with Gasteiger partial charge in [-0.1, -0.05) is 16.8 Å². The Bertz CT molecular complexity index is 979. The van der Waals surface area contributed by atoms with E-state index in [2.05, 4.69) is 26.3 Å². The van der Waals surface area contributed by atoms with Crippen LogP contribution >= 0.6 is 11.8 Å². The van der Waals surface area contributed by atoms with Crippen LogP contribution in [0.2, 0.25) is 0 Å². The minimum Gasteiger partial charge on any atom is -0.491 e. The molecule has 0 aliphatic carbocycles. The van der Waals surface area contributed by atoms with Crippen LogP contribution in [0.5, 0.6) is 5.75 Å². The summed E-state index contributed by atoms with van der Waals surface area (Å²) in [6, 6.07) is 3.77. The molecule has 0 saturated heterocycles. The molecule has 2 bridgehead atoms. The van der Waals surface area contributed by atoms with Gasteiger partial charge in [-0.15, -0.1) is 5.10 Å². The third kappa shape index (κ3) is 6.22. The number of fused-ring (bicyclic) bond motifs is 3. The Balaban J connectivity index is 1.89. The van der Waals surface area contributed by atoms with Crippen LogP contribution in [0, 0.1) is 6.92 Å². The number of carbonyl (C=O) groups excluding carboxylic acids is 3. The van der Waals surface area contributed by atoms with Gasteiger partial charge in [0.05, 0.1) is 24.8 Å². The number of amides is 3. The first-order chi connectivity index (χ1) is 15.4. The van der Waals surface area contributed by atoms with Crippen LogP contribution in [0.25, 0.3) is 0 Å². The first-order valence-corrected chi connectivity index (χ1v) is 11.8. The molecule has 1 aliphatic rings. The number of thioether (sulfide) groups is 1. The van der Waals surface area contributed by atoms with Crippen LogP contribution in [0.4, 0.5) is 0 Å². The average molecular weight is 461 g/mol. The second-order valence-electron chi connectivity index (χ2n) is 7.58. The summed E-state index contributed by atoms with van der Waals surface area (Å²) in [7, 11) is 0. The van der Waals surface area contributed by atoms with Crippen LogP contribution in [-0.2, 0) is 22.7 Å². The first kappa shape index (κ1) is 23.6. The number of aromatic nitrogens is 3. The quantitative estimate of drug-likeness (QED) is 0.614. The normalized spacial score (nSPS) is 20.3. The highest BCUT2D eigenvalue weighted by atomic mass is 32.2. The highest BCUT2D eigenvalue weighted by Gasteiger charge is 2.26. The summed E-state index contributed by atoms with van der Waals surface area (Å²) >= 11 is 1.57. The summed E-state index contributed by atoms with van der Waals surface area (Å²) in [5, 5.41) is 16.3. The molecule has 1 aromatic carbocycles. The highest BCUT2D eigenvalue weighted by molar-refractivity contribution is 7.98. The van der Waals surface area contributed by atoms with Crippen molar-refractivity contribution < 1.29 is 19.1 Å². The lowest BCUT2D eigenvalue weighted by Gasteiger charge is -2.21. The molecule has 0 spiro atoms.